The van der Waals surface area contributed by atoms with Gasteiger partial charge in [-0.1, -0.05) is 36.4 Å². The third-order valence-corrected chi connectivity index (χ3v) is 3.28. The average Bonchev–Trinajstić information content (AvgIpc) is 2.48. The van der Waals surface area contributed by atoms with Crippen LogP contribution in [0.1, 0.15) is 10.4 Å². The predicted molar refractivity (Wildman–Crippen MR) is 79.5 cm³/mol. The van der Waals surface area contributed by atoms with Crippen molar-refractivity contribution in [1.29, 1.82) is 0 Å². The van der Waals surface area contributed by atoms with Crippen LogP contribution in [0, 0.1) is 0 Å². The van der Waals surface area contributed by atoms with E-state index in [0.29, 0.717) is 5.56 Å². The summed E-state index contributed by atoms with van der Waals surface area (Å²) in [7, 11) is 1.92. The predicted octanol–water partition coefficient (Wildman–Crippen LogP) is 2.92. The molecular weight excluding hydrogens is 248 g/mol. The van der Waals surface area contributed by atoms with Gasteiger partial charge >= 0.3 is 0 Å². The molecule has 0 aliphatic rings. The van der Waals surface area contributed by atoms with Gasteiger partial charge in [-0.2, -0.15) is 0 Å². The molecule has 0 saturated carbocycles. The largest absolute Gasteiger partial charge is 0.321 e. The minimum atomic E-state index is -0.0954. The van der Waals surface area contributed by atoms with Crippen LogP contribution in [0.25, 0.3) is 10.8 Å². The van der Waals surface area contributed by atoms with E-state index in [9.17, 15) is 4.79 Å². The third-order valence-electron chi connectivity index (χ3n) is 3.28. The van der Waals surface area contributed by atoms with Crippen molar-refractivity contribution in [1.82, 2.24) is 0 Å². The van der Waals surface area contributed by atoms with Crippen LogP contribution in [0.2, 0.25) is 0 Å². The highest BCUT2D eigenvalue weighted by Gasteiger charge is 2.09. The van der Waals surface area contributed by atoms with Gasteiger partial charge in [0, 0.05) is 23.2 Å². The van der Waals surface area contributed by atoms with Gasteiger partial charge in [-0.25, -0.2) is 4.57 Å². The number of amides is 1. The van der Waals surface area contributed by atoms with Crippen molar-refractivity contribution in [3.63, 3.8) is 0 Å². The molecule has 0 fully saturated rings. The Morgan fingerprint density at radius 1 is 0.950 bits per heavy atom. The lowest BCUT2D eigenvalue weighted by Gasteiger charge is -2.08. The molecule has 0 spiro atoms. The number of pyridine rings is 1. The molecule has 3 heteroatoms. The normalized spacial score (nSPS) is 10.4. The first-order chi connectivity index (χ1) is 9.74. The lowest BCUT2D eigenvalue weighted by Crippen LogP contribution is -2.27. The Bertz CT molecular complexity index is 758. The van der Waals surface area contributed by atoms with E-state index >= 15 is 0 Å². The molecule has 1 amide bonds. The Morgan fingerprint density at radius 2 is 1.65 bits per heavy atom. The molecule has 0 aliphatic carbocycles. The Balaban J connectivity index is 1.93. The fourth-order valence-electron chi connectivity index (χ4n) is 2.18. The number of hydrogen-bond acceptors (Lipinski definition) is 1. The van der Waals surface area contributed by atoms with E-state index in [-0.39, 0.29) is 5.91 Å². The summed E-state index contributed by atoms with van der Waals surface area (Å²) in [5, 5.41) is 5.13. The van der Waals surface area contributed by atoms with Gasteiger partial charge < -0.3 is 5.32 Å². The summed E-state index contributed by atoms with van der Waals surface area (Å²) >= 11 is 0. The molecule has 0 saturated heterocycles. The van der Waals surface area contributed by atoms with E-state index in [1.54, 1.807) is 12.1 Å². The lowest BCUT2D eigenvalue weighted by atomic mass is 10.1. The van der Waals surface area contributed by atoms with Crippen molar-refractivity contribution in [2.45, 2.75) is 0 Å². The average molecular weight is 263 g/mol. The van der Waals surface area contributed by atoms with E-state index in [2.05, 4.69) is 5.32 Å². The van der Waals surface area contributed by atoms with Crippen molar-refractivity contribution in [3.05, 3.63) is 72.6 Å². The van der Waals surface area contributed by atoms with Crippen LogP contribution in [0.3, 0.4) is 0 Å². The van der Waals surface area contributed by atoms with E-state index in [1.165, 1.54) is 0 Å². The number of nitrogens with zero attached hydrogens (tertiary/aromatic N) is 1. The third kappa shape index (κ3) is 2.38. The smallest absolute Gasteiger partial charge is 0.256 e. The first kappa shape index (κ1) is 12.4. The zero-order valence-corrected chi connectivity index (χ0v) is 11.2. The number of carbonyl (C=O) groups is 1. The van der Waals surface area contributed by atoms with Crippen LogP contribution in [-0.2, 0) is 7.05 Å². The van der Waals surface area contributed by atoms with Gasteiger partial charge in [-0.15, -0.1) is 0 Å². The molecule has 3 rings (SSSR count). The topological polar surface area (TPSA) is 33.0 Å². The fourth-order valence-corrected chi connectivity index (χ4v) is 2.18. The SMILES string of the molecule is C[n+]1ccc(C(=O)Nc2cccc3ccccc23)cc1. The van der Waals surface area contributed by atoms with Crippen LogP contribution in [0.4, 0.5) is 5.69 Å². The van der Waals surface area contributed by atoms with Gasteiger partial charge in [0.1, 0.15) is 7.05 Å². The number of nitrogens with one attached hydrogen (secondary N) is 1. The van der Waals surface area contributed by atoms with E-state index in [0.717, 1.165) is 16.5 Å². The molecule has 0 aliphatic heterocycles. The highest BCUT2D eigenvalue weighted by Crippen LogP contribution is 2.23. The summed E-state index contributed by atoms with van der Waals surface area (Å²) in [4.78, 5) is 12.2. The molecule has 3 aromatic rings. The lowest BCUT2D eigenvalue weighted by molar-refractivity contribution is -0.671. The number of rotatable bonds is 2. The van der Waals surface area contributed by atoms with Gasteiger partial charge in [-0.3, -0.25) is 4.79 Å². The van der Waals surface area contributed by atoms with Gasteiger partial charge in [0.05, 0.1) is 5.56 Å². The summed E-state index contributed by atoms with van der Waals surface area (Å²) in [6.45, 7) is 0. The maximum absolute atomic E-state index is 12.2. The molecular formula is C17H15N2O+. The summed E-state index contributed by atoms with van der Waals surface area (Å²) in [5.41, 5.74) is 1.48. The fraction of sp³-hybridized carbons (Fsp3) is 0.0588. The van der Waals surface area contributed by atoms with E-state index < -0.39 is 0 Å². The van der Waals surface area contributed by atoms with Crippen LogP contribution >= 0.6 is 0 Å². The molecule has 98 valence electrons. The first-order valence-corrected chi connectivity index (χ1v) is 6.48. The molecule has 0 unspecified atom stereocenters. The summed E-state index contributed by atoms with van der Waals surface area (Å²) < 4.78 is 1.90. The second-order valence-electron chi connectivity index (χ2n) is 4.73. The molecule has 0 bridgehead atoms. The number of benzene rings is 2. The Morgan fingerprint density at radius 3 is 2.45 bits per heavy atom. The standard InChI is InChI=1S/C17H14N2O/c1-19-11-9-14(10-12-19)17(20)18-16-8-4-6-13-5-2-3-7-15(13)16/h2-12H,1H3/p+1. The number of hydrogen-bond donors (Lipinski definition) is 1. The van der Waals surface area contributed by atoms with Gasteiger partial charge in [-0.05, 0) is 11.5 Å². The molecule has 1 heterocycles. The molecule has 1 aromatic heterocycles. The van der Waals surface area contributed by atoms with Gasteiger partial charge in [0.25, 0.3) is 5.91 Å². The Labute approximate surface area is 117 Å². The quantitative estimate of drug-likeness (QED) is 0.708. The minimum absolute atomic E-state index is 0.0954. The zero-order chi connectivity index (χ0) is 13.9. The number of fused-ring (bicyclic) bond motifs is 1. The van der Waals surface area contributed by atoms with E-state index in [1.807, 2.05) is 66.5 Å². The van der Waals surface area contributed by atoms with Crippen molar-refractivity contribution >= 4 is 22.4 Å². The second-order valence-corrected chi connectivity index (χ2v) is 4.73. The van der Waals surface area contributed by atoms with E-state index in [4.69, 9.17) is 0 Å². The van der Waals surface area contributed by atoms with Crippen molar-refractivity contribution in [2.24, 2.45) is 7.05 Å². The van der Waals surface area contributed by atoms with Gasteiger partial charge in [0.15, 0.2) is 12.4 Å². The van der Waals surface area contributed by atoms with Crippen LogP contribution in [0.5, 0.6) is 0 Å². The first-order valence-electron chi connectivity index (χ1n) is 6.48. The molecule has 0 atom stereocenters. The highest BCUT2D eigenvalue weighted by molar-refractivity contribution is 6.08. The van der Waals surface area contributed by atoms with Crippen LogP contribution in [0.15, 0.2) is 67.0 Å². The summed E-state index contributed by atoms with van der Waals surface area (Å²) in [5.74, 6) is -0.0954. The highest BCUT2D eigenvalue weighted by atomic mass is 16.1. The van der Waals surface area contributed by atoms with Crippen molar-refractivity contribution < 1.29 is 9.36 Å². The summed E-state index contributed by atoms with van der Waals surface area (Å²) in [6.07, 6.45) is 3.72. The number of aromatic nitrogens is 1. The molecule has 3 nitrogen and oxygen atoms in total. The van der Waals surface area contributed by atoms with Crippen molar-refractivity contribution in [3.8, 4) is 0 Å². The maximum atomic E-state index is 12.2. The second kappa shape index (κ2) is 5.13. The monoisotopic (exact) mass is 263 g/mol. The zero-order valence-electron chi connectivity index (χ0n) is 11.2. The molecule has 20 heavy (non-hydrogen) atoms. The maximum Gasteiger partial charge on any atom is 0.256 e. The summed E-state index contributed by atoms with van der Waals surface area (Å²) in [6, 6.07) is 17.5. The molecule has 0 radical (unpaired) electrons. The van der Waals surface area contributed by atoms with Crippen molar-refractivity contribution in [2.75, 3.05) is 5.32 Å². The molecule has 2 aromatic carbocycles. The number of aryl methyl sites for hydroxylation is 1. The number of carbonyl (C=O) groups excluding carboxylic acids is 1. The molecule has 1 N–H and O–H groups in total. The van der Waals surface area contributed by atoms with Crippen LogP contribution in [-0.4, -0.2) is 5.91 Å². The van der Waals surface area contributed by atoms with Gasteiger partial charge in [0.2, 0.25) is 0 Å². The minimum Gasteiger partial charge on any atom is -0.321 e. The number of anilines is 1. The Kier molecular flexibility index (Phi) is 3.17. The Hall–Kier alpha value is -2.68. The van der Waals surface area contributed by atoms with Crippen LogP contribution < -0.4 is 9.88 Å².